The van der Waals surface area contributed by atoms with Crippen LogP contribution in [-0.4, -0.2) is 31.8 Å². The van der Waals surface area contributed by atoms with Crippen LogP contribution in [0, 0.1) is 5.92 Å². The van der Waals surface area contributed by atoms with Crippen LogP contribution in [0.25, 0.3) is 27.8 Å². The third-order valence-electron chi connectivity index (χ3n) is 5.86. The summed E-state index contributed by atoms with van der Waals surface area (Å²) in [6.45, 7) is 5.92. The van der Waals surface area contributed by atoms with Crippen molar-refractivity contribution in [3.05, 3.63) is 83.8 Å². The van der Waals surface area contributed by atoms with Gasteiger partial charge in [0.25, 0.3) is 5.91 Å². The molecule has 1 amide bonds. The summed E-state index contributed by atoms with van der Waals surface area (Å²) in [5, 5.41) is 6.10. The van der Waals surface area contributed by atoms with Crippen molar-refractivity contribution in [2.24, 2.45) is 5.92 Å². The van der Waals surface area contributed by atoms with Crippen molar-refractivity contribution < 1.29 is 18.0 Å². The fourth-order valence-electron chi connectivity index (χ4n) is 4.05. The molecule has 0 aliphatic rings. The smallest absolute Gasteiger partial charge is 0.324 e. The Kier molecular flexibility index (Phi) is 6.43. The van der Waals surface area contributed by atoms with Crippen LogP contribution in [0.1, 0.15) is 35.5 Å². The molecule has 0 saturated heterocycles. The van der Waals surface area contributed by atoms with Crippen molar-refractivity contribution >= 4 is 28.5 Å². The van der Waals surface area contributed by atoms with Gasteiger partial charge in [0.05, 0.1) is 16.6 Å². The highest BCUT2D eigenvalue weighted by atomic mass is 19.4. The Labute approximate surface area is 210 Å². The van der Waals surface area contributed by atoms with E-state index in [2.05, 4.69) is 39.4 Å². The number of nitrogens with one attached hydrogen (secondary N) is 3. The number of H-pyrrole nitrogens is 1. The van der Waals surface area contributed by atoms with Crippen LogP contribution in [0.15, 0.2) is 67.0 Å². The molecule has 3 aromatic heterocycles. The number of fused-ring (bicyclic) bond motifs is 2. The number of carbonyl (C=O) groups excluding carboxylic acids is 1. The summed E-state index contributed by atoms with van der Waals surface area (Å²) in [6, 6.07) is 14.1. The molecule has 5 rings (SSSR count). The molecule has 3 N–H and O–H groups in total. The summed E-state index contributed by atoms with van der Waals surface area (Å²) < 4.78 is 41.1. The number of hydrogen-bond donors (Lipinski definition) is 3. The lowest BCUT2D eigenvalue weighted by Gasteiger charge is -2.08. The molecule has 0 saturated carbocycles. The largest absolute Gasteiger partial charge is 0.416 e. The lowest BCUT2D eigenvalue weighted by Crippen LogP contribution is -2.19. The van der Waals surface area contributed by atoms with Crippen molar-refractivity contribution in [2.75, 3.05) is 11.9 Å². The molecule has 2 aromatic carbocycles. The van der Waals surface area contributed by atoms with E-state index in [1.807, 2.05) is 18.3 Å². The van der Waals surface area contributed by atoms with Crippen molar-refractivity contribution in [1.29, 1.82) is 0 Å². The Balaban J connectivity index is 1.33. The lowest BCUT2D eigenvalue weighted by atomic mass is 10.0. The molecule has 0 spiro atoms. The maximum absolute atomic E-state index is 13.1. The van der Waals surface area contributed by atoms with Crippen LogP contribution >= 0.6 is 0 Å². The molecule has 0 fully saturated rings. The summed E-state index contributed by atoms with van der Waals surface area (Å²) in [5.41, 5.74) is 3.40. The molecule has 190 valence electrons. The van der Waals surface area contributed by atoms with Gasteiger partial charge in [0, 0.05) is 18.9 Å². The zero-order valence-corrected chi connectivity index (χ0v) is 20.2. The Morgan fingerprint density at radius 1 is 1.03 bits per heavy atom. The molecule has 0 radical (unpaired) electrons. The van der Waals surface area contributed by atoms with Gasteiger partial charge in [-0.25, -0.2) is 9.97 Å². The van der Waals surface area contributed by atoms with E-state index in [4.69, 9.17) is 0 Å². The van der Waals surface area contributed by atoms with Crippen LogP contribution in [0.2, 0.25) is 0 Å². The topological polar surface area (TPSA) is 87.1 Å². The number of aromatic nitrogens is 4. The first-order valence-corrected chi connectivity index (χ1v) is 11.8. The van der Waals surface area contributed by atoms with Crippen molar-refractivity contribution in [3.8, 4) is 11.1 Å². The van der Waals surface area contributed by atoms with E-state index >= 15 is 0 Å². The number of carbonyl (C=O) groups is 1. The molecule has 0 aliphatic carbocycles. The number of halogens is 3. The Bertz CT molecular complexity index is 1580. The fraction of sp³-hybridized carbons (Fsp3) is 0.222. The van der Waals surface area contributed by atoms with Gasteiger partial charge in [0.2, 0.25) is 5.95 Å². The van der Waals surface area contributed by atoms with E-state index in [1.165, 1.54) is 6.07 Å². The predicted molar refractivity (Wildman–Crippen MR) is 136 cm³/mol. The van der Waals surface area contributed by atoms with E-state index in [0.717, 1.165) is 30.8 Å². The van der Waals surface area contributed by atoms with Gasteiger partial charge in [0.15, 0.2) is 0 Å². The Morgan fingerprint density at radius 2 is 1.84 bits per heavy atom. The quantitative estimate of drug-likeness (QED) is 0.257. The number of imidazole rings is 2. The highest BCUT2D eigenvalue weighted by Gasteiger charge is 2.30. The van der Waals surface area contributed by atoms with Crippen LogP contribution in [0.3, 0.4) is 0 Å². The molecule has 10 heteroatoms. The van der Waals surface area contributed by atoms with E-state index in [-0.39, 0.29) is 11.6 Å². The second-order valence-corrected chi connectivity index (χ2v) is 9.30. The van der Waals surface area contributed by atoms with Crippen LogP contribution in [0.5, 0.6) is 0 Å². The minimum Gasteiger partial charge on any atom is -0.324 e. The van der Waals surface area contributed by atoms with Gasteiger partial charge in [-0.05, 0) is 59.5 Å². The summed E-state index contributed by atoms with van der Waals surface area (Å²) >= 11 is 0. The monoisotopic (exact) mass is 506 g/mol. The summed E-state index contributed by atoms with van der Waals surface area (Å²) in [5.74, 6) is 0.342. The summed E-state index contributed by atoms with van der Waals surface area (Å²) in [7, 11) is 0. The molecular weight excluding hydrogens is 481 g/mol. The van der Waals surface area contributed by atoms with Crippen molar-refractivity contribution in [2.45, 2.75) is 26.6 Å². The first kappa shape index (κ1) is 24.5. The molecule has 37 heavy (non-hydrogen) atoms. The number of nitrogens with zero attached hydrogens (tertiary/aromatic N) is 3. The average molecular weight is 507 g/mol. The third kappa shape index (κ3) is 5.49. The molecule has 0 bridgehead atoms. The molecule has 0 unspecified atom stereocenters. The highest BCUT2D eigenvalue weighted by molar-refractivity contribution is 6.03. The summed E-state index contributed by atoms with van der Waals surface area (Å²) in [4.78, 5) is 24.7. The molecule has 0 aliphatic heterocycles. The van der Waals surface area contributed by atoms with Gasteiger partial charge in [0.1, 0.15) is 11.3 Å². The second kappa shape index (κ2) is 9.70. The molecule has 5 aromatic rings. The van der Waals surface area contributed by atoms with E-state index in [0.29, 0.717) is 33.7 Å². The number of pyridine rings is 1. The van der Waals surface area contributed by atoms with Gasteiger partial charge in [-0.1, -0.05) is 38.1 Å². The van der Waals surface area contributed by atoms with Crippen LogP contribution in [-0.2, 0) is 12.7 Å². The van der Waals surface area contributed by atoms with E-state index in [1.54, 1.807) is 34.9 Å². The molecule has 3 heterocycles. The molecule has 7 nitrogen and oxygen atoms in total. The fourth-order valence-corrected chi connectivity index (χ4v) is 4.05. The predicted octanol–water partition coefficient (Wildman–Crippen LogP) is 5.89. The molecule has 0 atom stereocenters. The van der Waals surface area contributed by atoms with Crippen LogP contribution in [0.4, 0.5) is 19.1 Å². The standard InChI is InChI=1S/C27H25F3N6O/c1-16(2)12-31-13-17-6-9-24-32-23(15-36(24)14-17)25(37)35-26-33-21-8-7-19(11-22(21)34-26)18-4-3-5-20(10-18)27(28,29)30/h3-11,14-16,31H,12-13H2,1-2H3,(H2,33,34,35,37). The second-order valence-electron chi connectivity index (χ2n) is 9.30. The van der Waals surface area contributed by atoms with Gasteiger partial charge >= 0.3 is 6.18 Å². The van der Waals surface area contributed by atoms with Gasteiger partial charge in [-0.2, -0.15) is 13.2 Å². The third-order valence-corrected chi connectivity index (χ3v) is 5.86. The lowest BCUT2D eigenvalue weighted by molar-refractivity contribution is -0.137. The molecular formula is C27H25F3N6O. The number of aromatic amines is 1. The van der Waals surface area contributed by atoms with Crippen molar-refractivity contribution in [1.82, 2.24) is 24.7 Å². The number of anilines is 1. The van der Waals surface area contributed by atoms with Crippen LogP contribution < -0.4 is 10.6 Å². The van der Waals surface area contributed by atoms with Gasteiger partial charge in [-0.3, -0.25) is 10.1 Å². The normalized spacial score (nSPS) is 12.1. The highest BCUT2D eigenvalue weighted by Crippen LogP contribution is 2.33. The van der Waals surface area contributed by atoms with E-state index in [9.17, 15) is 18.0 Å². The minimum absolute atomic E-state index is 0.219. The number of amides is 1. The zero-order valence-electron chi connectivity index (χ0n) is 20.2. The zero-order chi connectivity index (χ0) is 26.2. The average Bonchev–Trinajstić information content (AvgIpc) is 3.46. The number of rotatable bonds is 7. The maximum Gasteiger partial charge on any atom is 0.416 e. The van der Waals surface area contributed by atoms with Gasteiger partial charge in [-0.15, -0.1) is 0 Å². The Morgan fingerprint density at radius 3 is 2.62 bits per heavy atom. The van der Waals surface area contributed by atoms with Gasteiger partial charge < -0.3 is 14.7 Å². The maximum atomic E-state index is 13.1. The van der Waals surface area contributed by atoms with E-state index < -0.39 is 17.6 Å². The number of benzene rings is 2. The first-order chi connectivity index (χ1) is 17.7. The summed E-state index contributed by atoms with van der Waals surface area (Å²) in [6.07, 6.45) is -0.831. The first-order valence-electron chi connectivity index (χ1n) is 11.8. The SMILES string of the molecule is CC(C)CNCc1ccc2nc(C(=O)Nc3nc4cc(-c5cccc(C(F)(F)F)c5)ccc4[nH]3)cn2c1. The minimum atomic E-state index is -4.42. The number of hydrogen-bond acceptors (Lipinski definition) is 4. The Hall–Kier alpha value is -4.18. The van der Waals surface area contributed by atoms with Crippen molar-refractivity contribution in [3.63, 3.8) is 0 Å². The number of alkyl halides is 3.